The van der Waals surface area contributed by atoms with E-state index in [2.05, 4.69) is 5.32 Å². The first-order valence-electron chi connectivity index (χ1n) is 11.5. The highest BCUT2D eigenvalue weighted by Crippen LogP contribution is 2.46. The minimum absolute atomic E-state index is 0.0375. The molecule has 0 saturated heterocycles. The Morgan fingerprint density at radius 2 is 1.73 bits per heavy atom. The molecule has 30 heavy (non-hydrogen) atoms. The summed E-state index contributed by atoms with van der Waals surface area (Å²) in [4.78, 5) is 35.3. The SMILES string of the molecule is CC(C)C[C@@H](NC(=O)[C@@H](N)C(C)C)C(=O)CC[C@@H](O)CP(=O)(O)CC1CCCCC1. The third-order valence-corrected chi connectivity index (χ3v) is 8.00. The average molecular weight is 447 g/mol. The van der Waals surface area contributed by atoms with Gasteiger partial charge in [0.2, 0.25) is 13.3 Å². The van der Waals surface area contributed by atoms with Crippen LogP contribution >= 0.6 is 7.37 Å². The third kappa shape index (κ3) is 10.5. The summed E-state index contributed by atoms with van der Waals surface area (Å²) in [6.07, 6.45) is 5.11. The quantitative estimate of drug-likeness (QED) is 0.322. The predicted octanol–water partition coefficient (Wildman–Crippen LogP) is 3.06. The van der Waals surface area contributed by atoms with Gasteiger partial charge in [0.05, 0.1) is 24.3 Å². The molecule has 7 nitrogen and oxygen atoms in total. The summed E-state index contributed by atoms with van der Waals surface area (Å²) in [7, 11) is -3.42. The number of Topliss-reactive ketones (excluding diaryl/α,β-unsaturated/α-hetero) is 1. The highest BCUT2D eigenvalue weighted by molar-refractivity contribution is 7.58. The van der Waals surface area contributed by atoms with Crippen LogP contribution in [0.15, 0.2) is 0 Å². The number of nitrogens with two attached hydrogens (primary N) is 1. The zero-order valence-corrected chi connectivity index (χ0v) is 20.1. The van der Waals surface area contributed by atoms with E-state index in [0.717, 1.165) is 25.7 Å². The first kappa shape index (κ1) is 27.3. The van der Waals surface area contributed by atoms with Crippen molar-refractivity contribution in [1.82, 2.24) is 5.32 Å². The zero-order chi connectivity index (χ0) is 22.9. The number of aliphatic hydroxyl groups is 1. The summed E-state index contributed by atoms with van der Waals surface area (Å²) in [5.74, 6) is -0.0969. The normalized spacial score (nSPS) is 20.6. The Kier molecular flexibility index (Phi) is 11.8. The number of ketones is 1. The molecule has 1 saturated carbocycles. The van der Waals surface area contributed by atoms with Crippen LogP contribution in [0.4, 0.5) is 0 Å². The van der Waals surface area contributed by atoms with Crippen LogP contribution in [0.25, 0.3) is 0 Å². The molecule has 4 atom stereocenters. The van der Waals surface area contributed by atoms with E-state index in [9.17, 15) is 24.2 Å². The number of carbonyl (C=O) groups is 2. The Morgan fingerprint density at radius 1 is 1.13 bits per heavy atom. The smallest absolute Gasteiger partial charge is 0.237 e. The number of amides is 1. The summed E-state index contributed by atoms with van der Waals surface area (Å²) >= 11 is 0. The van der Waals surface area contributed by atoms with Crippen molar-refractivity contribution in [3.05, 3.63) is 0 Å². The van der Waals surface area contributed by atoms with Gasteiger partial charge in [-0.15, -0.1) is 0 Å². The summed E-state index contributed by atoms with van der Waals surface area (Å²) < 4.78 is 12.5. The maximum Gasteiger partial charge on any atom is 0.237 e. The Bertz CT molecular complexity index is 590. The second-order valence-electron chi connectivity index (χ2n) is 9.83. The Morgan fingerprint density at radius 3 is 2.27 bits per heavy atom. The van der Waals surface area contributed by atoms with Gasteiger partial charge in [-0.2, -0.15) is 0 Å². The first-order valence-corrected chi connectivity index (χ1v) is 13.5. The number of rotatable bonds is 13. The van der Waals surface area contributed by atoms with E-state index in [1.807, 2.05) is 27.7 Å². The molecule has 8 heteroatoms. The molecule has 1 fully saturated rings. The van der Waals surface area contributed by atoms with Gasteiger partial charge in [0.15, 0.2) is 5.78 Å². The van der Waals surface area contributed by atoms with E-state index in [4.69, 9.17) is 5.73 Å². The summed E-state index contributed by atoms with van der Waals surface area (Å²) in [5.41, 5.74) is 5.89. The van der Waals surface area contributed by atoms with E-state index in [0.29, 0.717) is 6.42 Å². The highest BCUT2D eigenvalue weighted by atomic mass is 31.2. The molecule has 1 aliphatic carbocycles. The van der Waals surface area contributed by atoms with Crippen molar-refractivity contribution < 1.29 is 24.2 Å². The molecule has 0 aromatic heterocycles. The number of nitrogens with one attached hydrogen (secondary N) is 1. The summed E-state index contributed by atoms with van der Waals surface area (Å²) in [6, 6.07) is -1.34. The number of hydrogen-bond donors (Lipinski definition) is 4. The number of carbonyl (C=O) groups excluding carboxylic acids is 2. The van der Waals surface area contributed by atoms with Crippen LogP contribution in [0.1, 0.15) is 79.1 Å². The van der Waals surface area contributed by atoms with Crippen molar-refractivity contribution in [2.45, 2.75) is 97.2 Å². The van der Waals surface area contributed by atoms with E-state index in [-0.39, 0.29) is 54.6 Å². The van der Waals surface area contributed by atoms with Crippen molar-refractivity contribution in [2.75, 3.05) is 12.3 Å². The molecule has 1 unspecified atom stereocenters. The minimum atomic E-state index is -3.42. The molecule has 0 radical (unpaired) electrons. The maximum absolute atomic E-state index is 12.7. The molecule has 0 spiro atoms. The van der Waals surface area contributed by atoms with Gasteiger partial charge in [0.1, 0.15) is 0 Å². The molecule has 0 aliphatic heterocycles. The third-order valence-electron chi connectivity index (χ3n) is 5.92. The van der Waals surface area contributed by atoms with Crippen LogP contribution in [0.2, 0.25) is 0 Å². The molecule has 0 bridgehead atoms. The first-order chi connectivity index (χ1) is 13.9. The van der Waals surface area contributed by atoms with Crippen LogP contribution in [0, 0.1) is 17.8 Å². The van der Waals surface area contributed by atoms with Gasteiger partial charge in [-0.3, -0.25) is 14.2 Å². The van der Waals surface area contributed by atoms with Crippen molar-refractivity contribution in [3.8, 4) is 0 Å². The molecule has 0 aromatic carbocycles. The topological polar surface area (TPSA) is 130 Å². The van der Waals surface area contributed by atoms with E-state index in [1.165, 1.54) is 6.42 Å². The molecule has 0 aromatic rings. The van der Waals surface area contributed by atoms with E-state index in [1.54, 1.807) is 0 Å². The minimum Gasteiger partial charge on any atom is -0.393 e. The predicted molar refractivity (Wildman–Crippen MR) is 121 cm³/mol. The van der Waals surface area contributed by atoms with Gasteiger partial charge in [-0.25, -0.2) is 0 Å². The molecule has 1 amide bonds. The zero-order valence-electron chi connectivity index (χ0n) is 19.2. The lowest BCUT2D eigenvalue weighted by Gasteiger charge is -2.25. The molecular weight excluding hydrogens is 403 g/mol. The molecule has 176 valence electrons. The summed E-state index contributed by atoms with van der Waals surface area (Å²) in [6.45, 7) is 7.63. The summed E-state index contributed by atoms with van der Waals surface area (Å²) in [5, 5.41) is 13.0. The average Bonchev–Trinajstić information content (AvgIpc) is 2.64. The second kappa shape index (κ2) is 12.9. The van der Waals surface area contributed by atoms with Gasteiger partial charge in [0, 0.05) is 12.6 Å². The fourth-order valence-corrected chi connectivity index (χ4v) is 6.23. The second-order valence-corrected chi connectivity index (χ2v) is 12.3. The lowest BCUT2D eigenvalue weighted by atomic mass is 9.91. The van der Waals surface area contributed by atoms with Gasteiger partial charge >= 0.3 is 0 Å². The van der Waals surface area contributed by atoms with Gasteiger partial charge in [-0.1, -0.05) is 47.0 Å². The van der Waals surface area contributed by atoms with Crippen molar-refractivity contribution in [2.24, 2.45) is 23.5 Å². The van der Waals surface area contributed by atoms with Crippen LogP contribution in [-0.2, 0) is 14.2 Å². The van der Waals surface area contributed by atoms with Crippen LogP contribution in [0.5, 0.6) is 0 Å². The standard InChI is InChI=1S/C22H43N2O5P/c1-15(2)12-19(24-22(27)21(23)16(3)4)20(26)11-10-18(25)14-30(28,29)13-17-8-6-5-7-9-17/h15-19,21,25H,5-14,23H2,1-4H3,(H,24,27)(H,28,29)/t18-,19-,21+/m1/s1. The van der Waals surface area contributed by atoms with Gasteiger partial charge in [-0.05, 0) is 43.4 Å². The fourth-order valence-electron chi connectivity index (χ4n) is 4.06. The van der Waals surface area contributed by atoms with Crippen molar-refractivity contribution in [1.29, 1.82) is 0 Å². The number of hydrogen-bond acceptors (Lipinski definition) is 5. The molecule has 1 rings (SSSR count). The molecule has 5 N–H and O–H groups in total. The molecule has 0 heterocycles. The monoisotopic (exact) mass is 446 g/mol. The van der Waals surface area contributed by atoms with E-state index >= 15 is 0 Å². The van der Waals surface area contributed by atoms with Crippen molar-refractivity contribution >= 4 is 19.1 Å². The Hall–Kier alpha value is -0.750. The Balaban J connectivity index is 2.55. The lowest BCUT2D eigenvalue weighted by molar-refractivity contribution is -0.129. The van der Waals surface area contributed by atoms with Gasteiger partial charge in [0.25, 0.3) is 0 Å². The number of aliphatic hydroxyl groups excluding tert-OH is 1. The highest BCUT2D eigenvalue weighted by Gasteiger charge is 2.30. The largest absolute Gasteiger partial charge is 0.393 e. The lowest BCUT2D eigenvalue weighted by Crippen LogP contribution is -2.50. The van der Waals surface area contributed by atoms with Crippen LogP contribution < -0.4 is 11.1 Å². The Labute approximate surface area is 182 Å². The van der Waals surface area contributed by atoms with Gasteiger partial charge < -0.3 is 21.1 Å². The molecular formula is C22H43N2O5P. The molecule has 1 aliphatic rings. The van der Waals surface area contributed by atoms with Crippen LogP contribution in [0.3, 0.4) is 0 Å². The maximum atomic E-state index is 12.7. The van der Waals surface area contributed by atoms with E-state index < -0.39 is 25.6 Å². The fraction of sp³-hybridized carbons (Fsp3) is 0.909. The van der Waals surface area contributed by atoms with Crippen LogP contribution in [-0.4, -0.2) is 52.2 Å². The van der Waals surface area contributed by atoms with Crippen molar-refractivity contribution in [3.63, 3.8) is 0 Å².